The summed E-state index contributed by atoms with van der Waals surface area (Å²) in [6, 6.07) is 0.307. The molecule has 5 heteroatoms. The van der Waals surface area contributed by atoms with E-state index in [1.807, 2.05) is 6.92 Å². The molecule has 1 fully saturated rings. The van der Waals surface area contributed by atoms with Crippen molar-refractivity contribution in [3.8, 4) is 0 Å². The third-order valence-electron chi connectivity index (χ3n) is 4.15. The van der Waals surface area contributed by atoms with Gasteiger partial charge in [-0.05, 0) is 32.1 Å². The highest BCUT2D eigenvalue weighted by atomic mass is 16.2. The van der Waals surface area contributed by atoms with E-state index in [1.54, 1.807) is 19.0 Å². The number of nitrogens with two attached hydrogens (primary N) is 1. The lowest BCUT2D eigenvalue weighted by Crippen LogP contribution is -2.40. The van der Waals surface area contributed by atoms with Crippen LogP contribution in [-0.4, -0.2) is 54.8 Å². The van der Waals surface area contributed by atoms with Gasteiger partial charge >= 0.3 is 0 Å². The molecule has 5 nitrogen and oxygen atoms in total. The molecule has 0 heterocycles. The van der Waals surface area contributed by atoms with Crippen molar-refractivity contribution in [2.45, 2.75) is 51.5 Å². The van der Waals surface area contributed by atoms with Gasteiger partial charge in [0.25, 0.3) is 0 Å². The summed E-state index contributed by atoms with van der Waals surface area (Å²) < 4.78 is 0. The van der Waals surface area contributed by atoms with Crippen LogP contribution < -0.4 is 5.73 Å². The first-order valence-electron chi connectivity index (χ1n) is 7.67. The maximum atomic E-state index is 12.2. The Labute approximate surface area is 122 Å². The minimum atomic E-state index is -0.0279. The summed E-state index contributed by atoms with van der Waals surface area (Å²) in [6.45, 7) is 2.69. The number of hydrogen-bond acceptors (Lipinski definition) is 3. The first-order chi connectivity index (χ1) is 9.43. The normalized spacial score (nSPS) is 22.4. The van der Waals surface area contributed by atoms with Crippen molar-refractivity contribution >= 4 is 11.8 Å². The van der Waals surface area contributed by atoms with Gasteiger partial charge in [-0.25, -0.2) is 0 Å². The molecule has 116 valence electrons. The number of rotatable bonds is 6. The summed E-state index contributed by atoms with van der Waals surface area (Å²) in [5.41, 5.74) is 5.97. The van der Waals surface area contributed by atoms with E-state index in [1.165, 1.54) is 17.7 Å². The first-order valence-corrected chi connectivity index (χ1v) is 7.67. The van der Waals surface area contributed by atoms with E-state index >= 15 is 0 Å². The van der Waals surface area contributed by atoms with Crippen molar-refractivity contribution in [1.29, 1.82) is 0 Å². The minimum absolute atomic E-state index is 0.0279. The monoisotopic (exact) mass is 283 g/mol. The molecule has 2 N–H and O–H groups in total. The molecular formula is C15H29N3O2. The fourth-order valence-electron chi connectivity index (χ4n) is 2.76. The number of carbonyl (C=O) groups is 2. The highest BCUT2D eigenvalue weighted by Crippen LogP contribution is 2.27. The van der Waals surface area contributed by atoms with E-state index in [0.29, 0.717) is 24.9 Å². The fourth-order valence-corrected chi connectivity index (χ4v) is 2.76. The maximum Gasteiger partial charge on any atom is 0.241 e. The van der Waals surface area contributed by atoms with Gasteiger partial charge in [0.1, 0.15) is 0 Å². The molecule has 0 bridgehead atoms. The van der Waals surface area contributed by atoms with Gasteiger partial charge in [0, 0.05) is 33.1 Å². The summed E-state index contributed by atoms with van der Waals surface area (Å²) >= 11 is 0. The molecule has 2 unspecified atom stereocenters. The van der Waals surface area contributed by atoms with E-state index in [4.69, 9.17) is 5.73 Å². The molecule has 0 saturated heterocycles. The average Bonchev–Trinajstić information content (AvgIpc) is 2.41. The van der Waals surface area contributed by atoms with Gasteiger partial charge in [-0.15, -0.1) is 0 Å². The summed E-state index contributed by atoms with van der Waals surface area (Å²) in [7, 11) is 3.42. The third kappa shape index (κ3) is 5.49. The first kappa shape index (κ1) is 17.0. The Morgan fingerprint density at radius 2 is 1.90 bits per heavy atom. The van der Waals surface area contributed by atoms with Crippen molar-refractivity contribution in [3.63, 3.8) is 0 Å². The summed E-state index contributed by atoms with van der Waals surface area (Å²) in [5, 5.41) is 0. The Hall–Kier alpha value is -1.10. The molecule has 1 rings (SSSR count). The molecule has 1 aliphatic carbocycles. The highest BCUT2D eigenvalue weighted by molar-refractivity contribution is 5.84. The molecule has 2 atom stereocenters. The van der Waals surface area contributed by atoms with Crippen LogP contribution in [0.3, 0.4) is 0 Å². The lowest BCUT2D eigenvalue weighted by atomic mass is 9.83. The quantitative estimate of drug-likeness (QED) is 0.797. The zero-order valence-corrected chi connectivity index (χ0v) is 13.1. The topological polar surface area (TPSA) is 66.6 Å². The van der Waals surface area contributed by atoms with Crippen LogP contribution in [0.15, 0.2) is 0 Å². The molecule has 20 heavy (non-hydrogen) atoms. The predicted molar refractivity (Wildman–Crippen MR) is 80.1 cm³/mol. The minimum Gasteiger partial charge on any atom is -0.347 e. The van der Waals surface area contributed by atoms with E-state index in [9.17, 15) is 9.59 Å². The van der Waals surface area contributed by atoms with Crippen LogP contribution in [0.25, 0.3) is 0 Å². The SMILES string of the molecule is CCN(CC(=O)N(C)C)C(=O)CCC1CCCC(N)C1. The molecule has 0 aliphatic heterocycles. The van der Waals surface area contributed by atoms with Crippen molar-refractivity contribution < 1.29 is 9.59 Å². The van der Waals surface area contributed by atoms with Crippen LogP contribution in [-0.2, 0) is 9.59 Å². The Morgan fingerprint density at radius 3 is 2.45 bits per heavy atom. The van der Waals surface area contributed by atoms with Crippen molar-refractivity contribution in [3.05, 3.63) is 0 Å². The van der Waals surface area contributed by atoms with Gasteiger partial charge in [0.15, 0.2) is 0 Å². The summed E-state index contributed by atoms with van der Waals surface area (Å²) in [5.74, 6) is 0.632. The number of amides is 2. The smallest absolute Gasteiger partial charge is 0.241 e. The van der Waals surface area contributed by atoms with Crippen molar-refractivity contribution in [2.24, 2.45) is 11.7 Å². The summed E-state index contributed by atoms with van der Waals surface area (Å²) in [4.78, 5) is 27.0. The highest BCUT2D eigenvalue weighted by Gasteiger charge is 2.22. The van der Waals surface area contributed by atoms with E-state index < -0.39 is 0 Å². The second kappa shape index (κ2) is 8.25. The molecule has 2 amide bonds. The van der Waals surface area contributed by atoms with Crippen LogP contribution in [0.4, 0.5) is 0 Å². The fraction of sp³-hybridized carbons (Fsp3) is 0.867. The van der Waals surface area contributed by atoms with Crippen LogP contribution >= 0.6 is 0 Å². The van der Waals surface area contributed by atoms with Gasteiger partial charge in [-0.3, -0.25) is 9.59 Å². The molecule has 0 aromatic carbocycles. The zero-order valence-electron chi connectivity index (χ0n) is 13.1. The van der Waals surface area contributed by atoms with Crippen LogP contribution in [0.1, 0.15) is 45.4 Å². The lowest BCUT2D eigenvalue weighted by molar-refractivity contribution is -0.139. The number of carbonyl (C=O) groups excluding carboxylic acids is 2. The Kier molecular flexibility index (Phi) is 6.99. The van der Waals surface area contributed by atoms with Gasteiger partial charge in [-0.1, -0.05) is 12.8 Å². The maximum absolute atomic E-state index is 12.2. The molecular weight excluding hydrogens is 254 g/mol. The van der Waals surface area contributed by atoms with E-state index in [-0.39, 0.29) is 18.4 Å². The number of likely N-dealkylation sites (N-methyl/N-ethyl adjacent to an activating group) is 2. The van der Waals surface area contributed by atoms with Gasteiger partial charge in [0.05, 0.1) is 6.54 Å². The standard InChI is InChI=1S/C15H29N3O2/c1-4-18(11-15(20)17(2)3)14(19)9-8-12-6-5-7-13(16)10-12/h12-13H,4-11,16H2,1-3H3. The van der Waals surface area contributed by atoms with Crippen molar-refractivity contribution in [1.82, 2.24) is 9.80 Å². The third-order valence-corrected chi connectivity index (χ3v) is 4.15. The van der Waals surface area contributed by atoms with Crippen LogP contribution in [0, 0.1) is 5.92 Å². The number of nitrogens with zero attached hydrogens (tertiary/aromatic N) is 2. The average molecular weight is 283 g/mol. The van der Waals surface area contributed by atoms with E-state index in [2.05, 4.69) is 0 Å². The molecule has 1 aliphatic rings. The Bertz CT molecular complexity index is 331. The molecule has 0 aromatic heterocycles. The number of hydrogen-bond donors (Lipinski definition) is 1. The molecule has 0 spiro atoms. The Balaban J connectivity index is 2.37. The van der Waals surface area contributed by atoms with Gasteiger partial charge < -0.3 is 15.5 Å². The largest absolute Gasteiger partial charge is 0.347 e. The van der Waals surface area contributed by atoms with Crippen LogP contribution in [0.2, 0.25) is 0 Å². The predicted octanol–water partition coefficient (Wildman–Crippen LogP) is 1.22. The second-order valence-corrected chi connectivity index (χ2v) is 6.03. The van der Waals surface area contributed by atoms with Crippen LogP contribution in [0.5, 0.6) is 0 Å². The zero-order chi connectivity index (χ0) is 15.1. The van der Waals surface area contributed by atoms with Crippen molar-refractivity contribution in [2.75, 3.05) is 27.2 Å². The van der Waals surface area contributed by atoms with E-state index in [0.717, 1.165) is 19.3 Å². The second-order valence-electron chi connectivity index (χ2n) is 6.03. The molecule has 0 radical (unpaired) electrons. The Morgan fingerprint density at radius 1 is 1.20 bits per heavy atom. The van der Waals surface area contributed by atoms with Gasteiger partial charge in [0.2, 0.25) is 11.8 Å². The molecule has 0 aromatic rings. The summed E-state index contributed by atoms with van der Waals surface area (Å²) in [6.07, 6.45) is 5.95. The lowest BCUT2D eigenvalue weighted by Gasteiger charge is -2.27. The van der Waals surface area contributed by atoms with Gasteiger partial charge in [-0.2, -0.15) is 0 Å². The molecule has 1 saturated carbocycles.